The van der Waals surface area contributed by atoms with Gasteiger partial charge in [-0.2, -0.15) is 0 Å². The quantitative estimate of drug-likeness (QED) is 0.613. The Morgan fingerprint density at radius 2 is 2.26 bits per heavy atom. The number of pyridine rings is 1. The topological polar surface area (TPSA) is 67.3 Å². The molecule has 1 saturated carbocycles. The molecule has 2 aromatic rings. The normalized spacial score (nSPS) is 14.8. The molecule has 100 valence electrons. The lowest BCUT2D eigenvalue weighted by Gasteiger charge is -2.20. The second-order valence-corrected chi connectivity index (χ2v) is 4.90. The van der Waals surface area contributed by atoms with Gasteiger partial charge in [0, 0.05) is 18.8 Å². The Labute approximate surface area is 112 Å². The number of hydrogen-bond acceptors (Lipinski definition) is 5. The number of anilines is 1. The molecule has 0 unspecified atom stereocenters. The van der Waals surface area contributed by atoms with Crippen molar-refractivity contribution in [2.45, 2.75) is 32.0 Å². The molecule has 3 N–H and O–H groups in total. The van der Waals surface area contributed by atoms with Gasteiger partial charge in [-0.15, -0.1) is 0 Å². The van der Waals surface area contributed by atoms with Crippen LogP contribution in [-0.2, 0) is 13.1 Å². The molecule has 2 aromatic heterocycles. The molecule has 0 spiro atoms. The van der Waals surface area contributed by atoms with E-state index in [4.69, 9.17) is 10.3 Å². The van der Waals surface area contributed by atoms with Crippen LogP contribution < -0.4 is 11.3 Å². The van der Waals surface area contributed by atoms with E-state index in [0.717, 1.165) is 30.2 Å². The zero-order valence-electron chi connectivity index (χ0n) is 10.7. The summed E-state index contributed by atoms with van der Waals surface area (Å²) in [5.41, 5.74) is 4.56. The van der Waals surface area contributed by atoms with Gasteiger partial charge in [0.25, 0.3) is 0 Å². The lowest BCUT2D eigenvalue weighted by molar-refractivity contribution is 0.222. The Hall–Kier alpha value is -1.85. The fourth-order valence-corrected chi connectivity index (χ4v) is 2.22. The number of nitrogens with zero attached hydrogens (tertiary/aromatic N) is 2. The molecule has 1 aliphatic carbocycles. The average molecular weight is 258 g/mol. The molecule has 19 heavy (non-hydrogen) atoms. The van der Waals surface area contributed by atoms with Crippen LogP contribution in [0.25, 0.3) is 0 Å². The number of nitrogens with one attached hydrogen (secondary N) is 1. The van der Waals surface area contributed by atoms with Crippen molar-refractivity contribution in [3.05, 3.63) is 48.2 Å². The van der Waals surface area contributed by atoms with Crippen molar-refractivity contribution in [3.8, 4) is 0 Å². The monoisotopic (exact) mass is 258 g/mol. The summed E-state index contributed by atoms with van der Waals surface area (Å²) >= 11 is 0. The van der Waals surface area contributed by atoms with E-state index in [1.54, 1.807) is 12.5 Å². The predicted molar refractivity (Wildman–Crippen MR) is 73.0 cm³/mol. The first-order valence-corrected chi connectivity index (χ1v) is 6.53. The summed E-state index contributed by atoms with van der Waals surface area (Å²) < 4.78 is 5.43. The highest BCUT2D eigenvalue weighted by Crippen LogP contribution is 2.29. The summed E-state index contributed by atoms with van der Waals surface area (Å²) in [6.07, 6.45) is 6.02. The van der Waals surface area contributed by atoms with Gasteiger partial charge in [-0.05, 0) is 37.1 Å². The third-order valence-electron chi connectivity index (χ3n) is 3.35. The number of hydrogen-bond donors (Lipinski definition) is 2. The molecule has 0 aliphatic heterocycles. The molecule has 3 rings (SSSR count). The van der Waals surface area contributed by atoms with Crippen molar-refractivity contribution >= 4 is 5.69 Å². The van der Waals surface area contributed by atoms with Gasteiger partial charge < -0.3 is 9.84 Å². The molecule has 0 amide bonds. The smallest absolute Gasteiger partial charge is 0.117 e. The van der Waals surface area contributed by atoms with Gasteiger partial charge in [-0.3, -0.25) is 15.7 Å². The Balaban J connectivity index is 1.70. The lowest BCUT2D eigenvalue weighted by atomic mass is 10.3. The van der Waals surface area contributed by atoms with E-state index in [0.29, 0.717) is 6.04 Å². The van der Waals surface area contributed by atoms with Gasteiger partial charge in [0.05, 0.1) is 24.2 Å². The van der Waals surface area contributed by atoms with Gasteiger partial charge in [-0.25, -0.2) is 0 Å². The van der Waals surface area contributed by atoms with Crippen LogP contribution in [0.15, 0.2) is 41.1 Å². The average Bonchev–Trinajstić information content (AvgIpc) is 3.17. The molecule has 0 aromatic carbocycles. The molecule has 5 heteroatoms. The second-order valence-electron chi connectivity index (χ2n) is 4.90. The number of hydrazine groups is 1. The number of nitrogen functional groups attached to an aromatic ring is 1. The summed E-state index contributed by atoms with van der Waals surface area (Å²) in [7, 11) is 0. The first-order chi connectivity index (χ1) is 9.35. The fraction of sp³-hybridized carbons (Fsp3) is 0.357. The highest BCUT2D eigenvalue weighted by Gasteiger charge is 2.29. The number of rotatable bonds is 6. The summed E-state index contributed by atoms with van der Waals surface area (Å²) in [5, 5.41) is 0. The fourth-order valence-electron chi connectivity index (χ4n) is 2.22. The lowest BCUT2D eigenvalue weighted by Crippen LogP contribution is -2.25. The summed E-state index contributed by atoms with van der Waals surface area (Å²) in [6, 6.07) is 8.44. The first kappa shape index (κ1) is 12.2. The SMILES string of the molecule is NNc1ccnc(CN(Cc2ccco2)C2CC2)c1. The predicted octanol–water partition coefficient (Wildman–Crippen LogP) is 2.12. The van der Waals surface area contributed by atoms with Gasteiger partial charge >= 0.3 is 0 Å². The zero-order chi connectivity index (χ0) is 13.1. The molecule has 5 nitrogen and oxygen atoms in total. The highest BCUT2D eigenvalue weighted by atomic mass is 16.3. The van der Waals surface area contributed by atoms with Crippen LogP contribution in [0.3, 0.4) is 0 Å². The molecular weight excluding hydrogens is 240 g/mol. The molecular formula is C14H18N4O. The van der Waals surface area contributed by atoms with E-state index in [-0.39, 0.29) is 0 Å². The van der Waals surface area contributed by atoms with Crippen LogP contribution in [0.5, 0.6) is 0 Å². The molecule has 1 aliphatic rings. The van der Waals surface area contributed by atoms with E-state index in [1.807, 2.05) is 24.3 Å². The summed E-state index contributed by atoms with van der Waals surface area (Å²) in [4.78, 5) is 6.80. The van der Waals surface area contributed by atoms with Crippen molar-refractivity contribution in [3.63, 3.8) is 0 Å². The zero-order valence-corrected chi connectivity index (χ0v) is 10.7. The van der Waals surface area contributed by atoms with Crippen LogP contribution in [0.1, 0.15) is 24.3 Å². The van der Waals surface area contributed by atoms with Crippen molar-refractivity contribution in [2.24, 2.45) is 5.84 Å². The molecule has 0 bridgehead atoms. The molecule has 0 atom stereocenters. The third kappa shape index (κ3) is 3.13. The van der Waals surface area contributed by atoms with Crippen molar-refractivity contribution in [2.75, 3.05) is 5.43 Å². The Bertz CT molecular complexity index is 522. The summed E-state index contributed by atoms with van der Waals surface area (Å²) in [6.45, 7) is 1.65. The molecule has 2 heterocycles. The largest absolute Gasteiger partial charge is 0.468 e. The van der Waals surface area contributed by atoms with Crippen molar-refractivity contribution in [1.82, 2.24) is 9.88 Å². The standard InChI is InChI=1S/C14H18N4O/c15-17-11-5-6-16-12(8-11)9-18(13-3-4-13)10-14-2-1-7-19-14/h1-2,5-8,13H,3-4,9-10,15H2,(H,16,17). The molecule has 0 radical (unpaired) electrons. The third-order valence-corrected chi connectivity index (χ3v) is 3.35. The first-order valence-electron chi connectivity index (χ1n) is 6.53. The molecule has 0 saturated heterocycles. The minimum absolute atomic E-state index is 0.654. The van der Waals surface area contributed by atoms with Crippen LogP contribution in [0.4, 0.5) is 5.69 Å². The van der Waals surface area contributed by atoms with Gasteiger partial charge in [0.2, 0.25) is 0 Å². The Morgan fingerprint density at radius 1 is 1.37 bits per heavy atom. The minimum atomic E-state index is 0.654. The van der Waals surface area contributed by atoms with Crippen molar-refractivity contribution < 1.29 is 4.42 Å². The highest BCUT2D eigenvalue weighted by molar-refractivity contribution is 5.41. The number of nitrogens with two attached hydrogens (primary N) is 1. The van der Waals surface area contributed by atoms with E-state index in [1.165, 1.54) is 12.8 Å². The molecule has 1 fully saturated rings. The van der Waals surface area contributed by atoms with Gasteiger partial charge in [-0.1, -0.05) is 0 Å². The van der Waals surface area contributed by atoms with E-state index in [9.17, 15) is 0 Å². The van der Waals surface area contributed by atoms with Crippen LogP contribution in [0, 0.1) is 0 Å². The number of aromatic nitrogens is 1. The van der Waals surface area contributed by atoms with E-state index >= 15 is 0 Å². The number of furan rings is 1. The Morgan fingerprint density at radius 3 is 2.95 bits per heavy atom. The van der Waals surface area contributed by atoms with Crippen molar-refractivity contribution in [1.29, 1.82) is 0 Å². The van der Waals surface area contributed by atoms with Crippen LogP contribution in [-0.4, -0.2) is 15.9 Å². The maximum absolute atomic E-state index is 5.43. The van der Waals surface area contributed by atoms with E-state index < -0.39 is 0 Å². The maximum atomic E-state index is 5.43. The van der Waals surface area contributed by atoms with Crippen LogP contribution in [0.2, 0.25) is 0 Å². The van der Waals surface area contributed by atoms with Gasteiger partial charge in [0.15, 0.2) is 0 Å². The van der Waals surface area contributed by atoms with E-state index in [2.05, 4.69) is 15.3 Å². The minimum Gasteiger partial charge on any atom is -0.468 e. The van der Waals surface area contributed by atoms with Gasteiger partial charge in [0.1, 0.15) is 5.76 Å². The summed E-state index contributed by atoms with van der Waals surface area (Å²) in [5.74, 6) is 6.42. The maximum Gasteiger partial charge on any atom is 0.117 e. The second kappa shape index (κ2) is 5.42. The van der Waals surface area contributed by atoms with Crippen LogP contribution >= 0.6 is 0 Å². The Kier molecular flexibility index (Phi) is 3.48.